The van der Waals surface area contributed by atoms with E-state index in [1.54, 1.807) is 25.3 Å². The highest BCUT2D eigenvalue weighted by molar-refractivity contribution is 9.10. The lowest BCUT2D eigenvalue weighted by atomic mass is 10.0. The van der Waals surface area contributed by atoms with Gasteiger partial charge in [0.2, 0.25) is 5.13 Å². The highest BCUT2D eigenvalue weighted by atomic mass is 79.9. The van der Waals surface area contributed by atoms with E-state index in [2.05, 4.69) is 57.4 Å². The molecule has 0 fully saturated rings. The largest absolute Gasteiger partial charge is 0.497 e. The molecule has 3 aromatic rings. The number of aromatic nitrogens is 2. The van der Waals surface area contributed by atoms with E-state index in [4.69, 9.17) is 4.74 Å². The molecule has 2 aromatic carbocycles. The zero-order valence-electron chi connectivity index (χ0n) is 14.6. The van der Waals surface area contributed by atoms with Gasteiger partial charge < -0.3 is 4.74 Å². The van der Waals surface area contributed by atoms with E-state index in [9.17, 15) is 4.79 Å². The van der Waals surface area contributed by atoms with Gasteiger partial charge in [-0.1, -0.05) is 49.4 Å². The summed E-state index contributed by atoms with van der Waals surface area (Å²) >= 11 is 4.72. The molecule has 1 heterocycles. The molecule has 3 rings (SSSR count). The molecule has 0 aliphatic rings. The second kappa shape index (κ2) is 7.97. The molecule has 0 spiro atoms. The molecule has 7 heteroatoms. The summed E-state index contributed by atoms with van der Waals surface area (Å²) in [5.74, 6) is 0.824. The summed E-state index contributed by atoms with van der Waals surface area (Å²) in [6.45, 7) is 4.31. The first-order valence-electron chi connectivity index (χ1n) is 8.06. The molecule has 0 atom stereocenters. The Morgan fingerprint density at radius 1 is 1.15 bits per heavy atom. The maximum absolute atomic E-state index is 12.5. The van der Waals surface area contributed by atoms with Crippen LogP contribution in [0.2, 0.25) is 0 Å². The van der Waals surface area contributed by atoms with Gasteiger partial charge in [-0.15, -0.1) is 10.2 Å². The minimum Gasteiger partial charge on any atom is -0.497 e. The van der Waals surface area contributed by atoms with Crippen molar-refractivity contribution in [3.63, 3.8) is 0 Å². The first kappa shape index (κ1) is 18.5. The summed E-state index contributed by atoms with van der Waals surface area (Å²) in [4.78, 5) is 12.5. The van der Waals surface area contributed by atoms with Crippen molar-refractivity contribution in [1.29, 1.82) is 0 Å². The summed E-state index contributed by atoms with van der Waals surface area (Å²) in [5.41, 5.74) is 2.73. The first-order valence-corrected chi connectivity index (χ1v) is 9.67. The van der Waals surface area contributed by atoms with Crippen LogP contribution in [0.1, 0.15) is 35.7 Å². The van der Waals surface area contributed by atoms with Crippen LogP contribution in [0.25, 0.3) is 10.6 Å². The summed E-state index contributed by atoms with van der Waals surface area (Å²) < 4.78 is 5.86. The van der Waals surface area contributed by atoms with Gasteiger partial charge in [0.15, 0.2) is 0 Å². The van der Waals surface area contributed by atoms with Crippen LogP contribution in [0.5, 0.6) is 5.75 Å². The predicted octanol–water partition coefficient (Wildman–Crippen LogP) is 5.35. The smallest absolute Gasteiger partial charge is 0.258 e. The highest BCUT2D eigenvalue weighted by Gasteiger charge is 2.15. The third-order valence-corrected chi connectivity index (χ3v) is 5.47. The highest BCUT2D eigenvalue weighted by Crippen LogP contribution is 2.29. The van der Waals surface area contributed by atoms with Gasteiger partial charge in [0.05, 0.1) is 12.7 Å². The van der Waals surface area contributed by atoms with Crippen molar-refractivity contribution in [2.75, 3.05) is 12.4 Å². The Morgan fingerprint density at radius 2 is 1.88 bits per heavy atom. The van der Waals surface area contributed by atoms with Crippen LogP contribution in [-0.2, 0) is 0 Å². The zero-order valence-corrected chi connectivity index (χ0v) is 17.0. The van der Waals surface area contributed by atoms with Gasteiger partial charge in [-0.05, 0) is 45.6 Å². The third-order valence-electron chi connectivity index (χ3n) is 3.89. The van der Waals surface area contributed by atoms with E-state index in [1.165, 1.54) is 16.9 Å². The molecular weight excluding hydrogens is 414 g/mol. The Bertz CT molecular complexity index is 923. The van der Waals surface area contributed by atoms with Crippen molar-refractivity contribution in [1.82, 2.24) is 10.2 Å². The van der Waals surface area contributed by atoms with Crippen molar-refractivity contribution < 1.29 is 9.53 Å². The van der Waals surface area contributed by atoms with Gasteiger partial charge in [0.25, 0.3) is 5.91 Å². The van der Waals surface area contributed by atoms with Crippen molar-refractivity contribution in [3.05, 3.63) is 58.1 Å². The molecular formula is C19H18BrN3O2S. The fourth-order valence-corrected chi connectivity index (χ4v) is 3.54. The molecule has 0 aliphatic carbocycles. The number of hydrogen-bond acceptors (Lipinski definition) is 5. The maximum Gasteiger partial charge on any atom is 0.258 e. The number of methoxy groups -OCH3 is 1. The van der Waals surface area contributed by atoms with Crippen LogP contribution in [0.15, 0.2) is 46.9 Å². The Balaban J connectivity index is 1.77. The van der Waals surface area contributed by atoms with E-state index in [0.717, 1.165) is 10.6 Å². The number of carbonyl (C=O) groups is 1. The van der Waals surface area contributed by atoms with Crippen molar-refractivity contribution in [2.45, 2.75) is 19.8 Å². The fourth-order valence-electron chi connectivity index (χ4n) is 2.37. The molecule has 0 radical (unpaired) electrons. The molecule has 1 amide bonds. The SMILES string of the molecule is COc1ccc(Br)c(C(=O)Nc2nnc(-c3ccc(C(C)C)cc3)s2)c1. The minimum atomic E-state index is -0.270. The van der Waals surface area contributed by atoms with Crippen LogP contribution in [0.4, 0.5) is 5.13 Å². The molecule has 5 nitrogen and oxygen atoms in total. The van der Waals surface area contributed by atoms with Gasteiger partial charge in [0.1, 0.15) is 10.8 Å². The fraction of sp³-hybridized carbons (Fsp3) is 0.211. The van der Waals surface area contributed by atoms with Crippen LogP contribution in [0, 0.1) is 0 Å². The van der Waals surface area contributed by atoms with Crippen molar-refractivity contribution in [2.24, 2.45) is 0 Å². The quantitative estimate of drug-likeness (QED) is 0.590. The van der Waals surface area contributed by atoms with E-state index < -0.39 is 0 Å². The molecule has 1 N–H and O–H groups in total. The summed E-state index contributed by atoms with van der Waals surface area (Å²) in [7, 11) is 1.56. The zero-order chi connectivity index (χ0) is 18.7. The standard InChI is InChI=1S/C19H18BrN3O2S/c1-11(2)12-4-6-13(7-5-12)18-22-23-19(26-18)21-17(24)15-10-14(25-3)8-9-16(15)20/h4-11H,1-3H3,(H,21,23,24). The normalized spacial score (nSPS) is 10.8. The van der Waals surface area contributed by atoms with Crippen LogP contribution < -0.4 is 10.1 Å². The predicted molar refractivity (Wildman–Crippen MR) is 108 cm³/mol. The molecule has 134 valence electrons. The van der Waals surface area contributed by atoms with Crippen LogP contribution >= 0.6 is 27.3 Å². The lowest BCUT2D eigenvalue weighted by Gasteiger charge is -2.06. The Kier molecular flexibility index (Phi) is 5.68. The first-order chi connectivity index (χ1) is 12.5. The van der Waals surface area contributed by atoms with Gasteiger partial charge >= 0.3 is 0 Å². The van der Waals surface area contributed by atoms with E-state index in [1.807, 2.05) is 12.1 Å². The second-order valence-corrected chi connectivity index (χ2v) is 7.82. The molecule has 1 aromatic heterocycles. The average molecular weight is 432 g/mol. The Hall–Kier alpha value is -2.25. The summed E-state index contributed by atoms with van der Waals surface area (Å²) in [6.07, 6.45) is 0. The van der Waals surface area contributed by atoms with E-state index >= 15 is 0 Å². The lowest BCUT2D eigenvalue weighted by molar-refractivity contribution is 0.102. The lowest BCUT2D eigenvalue weighted by Crippen LogP contribution is -2.12. The number of benzene rings is 2. The van der Waals surface area contributed by atoms with E-state index in [-0.39, 0.29) is 5.91 Å². The van der Waals surface area contributed by atoms with Gasteiger partial charge in [0, 0.05) is 10.0 Å². The average Bonchev–Trinajstić information content (AvgIpc) is 3.10. The maximum atomic E-state index is 12.5. The van der Waals surface area contributed by atoms with E-state index in [0.29, 0.717) is 26.8 Å². The molecule has 0 bridgehead atoms. The number of nitrogens with zero attached hydrogens (tertiary/aromatic N) is 2. The molecule has 0 aliphatic heterocycles. The third kappa shape index (κ3) is 4.11. The van der Waals surface area contributed by atoms with Gasteiger partial charge in [-0.25, -0.2) is 0 Å². The molecule has 0 saturated carbocycles. The number of carbonyl (C=O) groups excluding carboxylic acids is 1. The minimum absolute atomic E-state index is 0.270. The monoisotopic (exact) mass is 431 g/mol. The number of amides is 1. The Morgan fingerprint density at radius 3 is 2.54 bits per heavy atom. The molecule has 0 saturated heterocycles. The number of anilines is 1. The van der Waals surface area contributed by atoms with Gasteiger partial charge in [-0.2, -0.15) is 0 Å². The summed E-state index contributed by atoms with van der Waals surface area (Å²) in [6, 6.07) is 13.5. The van der Waals surface area contributed by atoms with Crippen molar-refractivity contribution >= 4 is 38.3 Å². The Labute approximate surface area is 164 Å². The number of rotatable bonds is 5. The van der Waals surface area contributed by atoms with Gasteiger partial charge in [-0.3, -0.25) is 10.1 Å². The van der Waals surface area contributed by atoms with Crippen LogP contribution in [-0.4, -0.2) is 23.2 Å². The van der Waals surface area contributed by atoms with Crippen molar-refractivity contribution in [3.8, 4) is 16.3 Å². The molecule has 26 heavy (non-hydrogen) atoms. The number of halogens is 1. The number of nitrogens with one attached hydrogen (secondary N) is 1. The number of hydrogen-bond donors (Lipinski definition) is 1. The second-order valence-electron chi connectivity index (χ2n) is 5.99. The number of ether oxygens (including phenoxy) is 1. The van der Waals surface area contributed by atoms with Crippen LogP contribution in [0.3, 0.4) is 0 Å². The summed E-state index contributed by atoms with van der Waals surface area (Å²) in [5, 5.41) is 12.3. The molecule has 0 unspecified atom stereocenters. The topological polar surface area (TPSA) is 64.1 Å².